The number of methoxy groups -OCH3 is 1. The molecule has 5 nitrogen and oxygen atoms in total. The molecule has 0 unspecified atom stereocenters. The van der Waals surface area contributed by atoms with Crippen molar-refractivity contribution >= 4 is 23.4 Å². The lowest BCUT2D eigenvalue weighted by atomic mass is 10.2. The molecule has 0 radical (unpaired) electrons. The number of rotatable bonds is 5. The number of aromatic nitrogens is 2. The molecule has 0 spiro atoms. The van der Waals surface area contributed by atoms with Gasteiger partial charge in [0.15, 0.2) is 5.16 Å². The standard InChI is InChI=1S/C13H16N4OS/c1-18-10-6-4-3-5-9(10)8-15-12-7-11(14)16-13(17-12)19-2/h3-7H,8H2,1-2H3,(H3,14,15,16,17). The van der Waals surface area contributed by atoms with Gasteiger partial charge in [0.25, 0.3) is 0 Å². The summed E-state index contributed by atoms with van der Waals surface area (Å²) in [6, 6.07) is 9.57. The van der Waals surface area contributed by atoms with Crippen molar-refractivity contribution in [2.24, 2.45) is 0 Å². The van der Waals surface area contributed by atoms with Crippen molar-refractivity contribution in [3.05, 3.63) is 35.9 Å². The van der Waals surface area contributed by atoms with E-state index in [-0.39, 0.29) is 0 Å². The van der Waals surface area contributed by atoms with Crippen LogP contribution in [0, 0.1) is 0 Å². The number of para-hydroxylation sites is 1. The Morgan fingerprint density at radius 1 is 1.32 bits per heavy atom. The Balaban J connectivity index is 2.12. The van der Waals surface area contributed by atoms with E-state index in [1.165, 1.54) is 11.8 Å². The monoisotopic (exact) mass is 276 g/mol. The third-order valence-corrected chi connectivity index (χ3v) is 3.11. The molecule has 100 valence electrons. The molecule has 1 aromatic heterocycles. The summed E-state index contributed by atoms with van der Waals surface area (Å²) in [5.41, 5.74) is 6.79. The Morgan fingerprint density at radius 2 is 2.11 bits per heavy atom. The first-order chi connectivity index (χ1) is 9.22. The van der Waals surface area contributed by atoms with Gasteiger partial charge in [0.05, 0.1) is 7.11 Å². The molecular weight excluding hydrogens is 260 g/mol. The molecule has 6 heteroatoms. The van der Waals surface area contributed by atoms with Gasteiger partial charge < -0.3 is 15.8 Å². The normalized spacial score (nSPS) is 10.2. The molecule has 0 aliphatic rings. The average molecular weight is 276 g/mol. The van der Waals surface area contributed by atoms with Crippen molar-refractivity contribution in [2.75, 3.05) is 24.4 Å². The van der Waals surface area contributed by atoms with Gasteiger partial charge in [-0.2, -0.15) is 0 Å². The minimum Gasteiger partial charge on any atom is -0.496 e. The molecule has 19 heavy (non-hydrogen) atoms. The molecule has 1 aromatic carbocycles. The lowest BCUT2D eigenvalue weighted by Crippen LogP contribution is -2.05. The van der Waals surface area contributed by atoms with Gasteiger partial charge in [-0.05, 0) is 12.3 Å². The second-order valence-electron chi connectivity index (χ2n) is 3.83. The van der Waals surface area contributed by atoms with E-state index >= 15 is 0 Å². The molecule has 0 aliphatic carbocycles. The van der Waals surface area contributed by atoms with Gasteiger partial charge in [-0.3, -0.25) is 0 Å². The van der Waals surface area contributed by atoms with Crippen LogP contribution in [0.15, 0.2) is 35.5 Å². The number of nitrogens with two attached hydrogens (primary N) is 1. The first-order valence-corrected chi connectivity index (χ1v) is 6.99. The molecule has 0 fully saturated rings. The topological polar surface area (TPSA) is 73.1 Å². The molecule has 0 bridgehead atoms. The molecule has 0 amide bonds. The van der Waals surface area contributed by atoms with Gasteiger partial charge in [0, 0.05) is 18.2 Å². The second-order valence-corrected chi connectivity index (χ2v) is 4.60. The number of ether oxygens (including phenoxy) is 1. The molecule has 0 aliphatic heterocycles. The van der Waals surface area contributed by atoms with E-state index in [0.29, 0.717) is 23.3 Å². The highest BCUT2D eigenvalue weighted by Gasteiger charge is 2.04. The molecule has 0 atom stereocenters. The van der Waals surface area contributed by atoms with E-state index in [2.05, 4.69) is 15.3 Å². The summed E-state index contributed by atoms with van der Waals surface area (Å²) in [6.07, 6.45) is 1.92. The summed E-state index contributed by atoms with van der Waals surface area (Å²) >= 11 is 1.46. The first kappa shape index (κ1) is 13.5. The predicted molar refractivity (Wildman–Crippen MR) is 78.5 cm³/mol. The molecule has 2 rings (SSSR count). The fraction of sp³-hybridized carbons (Fsp3) is 0.231. The summed E-state index contributed by atoms with van der Waals surface area (Å²) in [7, 11) is 1.66. The van der Waals surface area contributed by atoms with Crippen LogP contribution in [0.1, 0.15) is 5.56 Å². The van der Waals surface area contributed by atoms with Gasteiger partial charge in [0.2, 0.25) is 0 Å². The molecule has 0 saturated carbocycles. The van der Waals surface area contributed by atoms with Crippen LogP contribution < -0.4 is 15.8 Å². The van der Waals surface area contributed by atoms with E-state index in [0.717, 1.165) is 11.3 Å². The maximum absolute atomic E-state index is 5.73. The maximum Gasteiger partial charge on any atom is 0.191 e. The van der Waals surface area contributed by atoms with E-state index in [9.17, 15) is 0 Å². The number of thioether (sulfide) groups is 1. The van der Waals surface area contributed by atoms with Crippen LogP contribution in [0.25, 0.3) is 0 Å². The van der Waals surface area contributed by atoms with Crippen LogP contribution in [-0.2, 0) is 6.54 Å². The van der Waals surface area contributed by atoms with Crippen LogP contribution in [0.4, 0.5) is 11.6 Å². The smallest absolute Gasteiger partial charge is 0.191 e. The van der Waals surface area contributed by atoms with Crippen molar-refractivity contribution in [3.8, 4) is 5.75 Å². The lowest BCUT2D eigenvalue weighted by Gasteiger charge is -2.10. The minimum atomic E-state index is 0.460. The van der Waals surface area contributed by atoms with E-state index in [4.69, 9.17) is 10.5 Å². The van der Waals surface area contributed by atoms with Crippen LogP contribution in [-0.4, -0.2) is 23.3 Å². The molecule has 0 saturated heterocycles. The van der Waals surface area contributed by atoms with Gasteiger partial charge in [-0.25, -0.2) is 9.97 Å². The van der Waals surface area contributed by atoms with Crippen LogP contribution >= 0.6 is 11.8 Å². The molecule has 2 aromatic rings. The number of hydrogen-bond acceptors (Lipinski definition) is 6. The van der Waals surface area contributed by atoms with Gasteiger partial charge in [-0.15, -0.1) is 0 Å². The zero-order valence-electron chi connectivity index (χ0n) is 10.9. The second kappa shape index (κ2) is 6.29. The summed E-state index contributed by atoms with van der Waals surface area (Å²) < 4.78 is 5.30. The first-order valence-electron chi connectivity index (χ1n) is 5.77. The fourth-order valence-electron chi connectivity index (χ4n) is 1.66. The Kier molecular flexibility index (Phi) is 4.46. The maximum atomic E-state index is 5.73. The predicted octanol–water partition coefficient (Wildman–Crippen LogP) is 2.40. The highest BCUT2D eigenvalue weighted by Crippen LogP contribution is 2.20. The van der Waals surface area contributed by atoms with E-state index in [1.807, 2.05) is 30.5 Å². The Bertz CT molecular complexity index is 562. The Hall–Kier alpha value is -1.95. The average Bonchev–Trinajstić information content (AvgIpc) is 2.44. The highest BCUT2D eigenvalue weighted by atomic mass is 32.2. The quantitative estimate of drug-likeness (QED) is 0.645. The fourth-order valence-corrected chi connectivity index (χ4v) is 2.05. The molecule has 3 N–H and O–H groups in total. The zero-order valence-corrected chi connectivity index (χ0v) is 11.7. The molecular formula is C13H16N4OS. The van der Waals surface area contributed by atoms with Crippen LogP contribution in [0.2, 0.25) is 0 Å². The van der Waals surface area contributed by atoms with Gasteiger partial charge >= 0.3 is 0 Å². The number of nitrogen functional groups attached to an aromatic ring is 1. The highest BCUT2D eigenvalue weighted by molar-refractivity contribution is 7.98. The summed E-state index contributed by atoms with van der Waals surface area (Å²) in [5.74, 6) is 2.02. The van der Waals surface area contributed by atoms with Gasteiger partial charge in [-0.1, -0.05) is 30.0 Å². The molecule has 1 heterocycles. The minimum absolute atomic E-state index is 0.460. The van der Waals surface area contributed by atoms with Crippen molar-refractivity contribution in [2.45, 2.75) is 11.7 Å². The van der Waals surface area contributed by atoms with E-state index < -0.39 is 0 Å². The van der Waals surface area contributed by atoms with Crippen molar-refractivity contribution < 1.29 is 4.74 Å². The van der Waals surface area contributed by atoms with E-state index in [1.54, 1.807) is 13.2 Å². The number of nitrogens with zero attached hydrogens (tertiary/aromatic N) is 2. The number of hydrogen-bond donors (Lipinski definition) is 2. The SMILES string of the molecule is COc1ccccc1CNc1cc(N)nc(SC)n1. The summed E-state index contributed by atoms with van der Waals surface area (Å²) in [6.45, 7) is 0.619. The lowest BCUT2D eigenvalue weighted by molar-refractivity contribution is 0.410. The third-order valence-electron chi connectivity index (χ3n) is 2.56. The van der Waals surface area contributed by atoms with Crippen LogP contribution in [0.5, 0.6) is 5.75 Å². The van der Waals surface area contributed by atoms with Gasteiger partial charge in [0.1, 0.15) is 17.4 Å². The number of anilines is 2. The van der Waals surface area contributed by atoms with Crippen molar-refractivity contribution in [3.63, 3.8) is 0 Å². The van der Waals surface area contributed by atoms with Crippen LogP contribution in [0.3, 0.4) is 0 Å². The zero-order chi connectivity index (χ0) is 13.7. The Morgan fingerprint density at radius 3 is 2.84 bits per heavy atom. The number of nitrogens with one attached hydrogen (secondary N) is 1. The Labute approximate surface area is 116 Å². The number of benzene rings is 1. The summed E-state index contributed by atoms with van der Waals surface area (Å²) in [5, 5.41) is 3.88. The summed E-state index contributed by atoms with van der Waals surface area (Å²) in [4.78, 5) is 8.45. The van der Waals surface area contributed by atoms with Crippen molar-refractivity contribution in [1.29, 1.82) is 0 Å². The third kappa shape index (κ3) is 3.51. The largest absolute Gasteiger partial charge is 0.496 e. The van der Waals surface area contributed by atoms with Crippen molar-refractivity contribution in [1.82, 2.24) is 9.97 Å².